The quantitative estimate of drug-likeness (QED) is 0.581. The third-order valence-corrected chi connectivity index (χ3v) is 9.39. The van der Waals surface area contributed by atoms with E-state index in [1.807, 2.05) is 11.8 Å². The number of alkyl halides is 6. The lowest BCUT2D eigenvalue weighted by Crippen LogP contribution is -2.57. The van der Waals surface area contributed by atoms with Gasteiger partial charge in [-0.05, 0) is 67.7 Å². The summed E-state index contributed by atoms with van der Waals surface area (Å²) in [6.45, 7) is 0.846. The average Bonchev–Trinajstić information content (AvgIpc) is 3.41. The summed E-state index contributed by atoms with van der Waals surface area (Å²) in [6, 6.07) is 2.33. The largest absolute Gasteiger partial charge is 0.511 e. The Labute approximate surface area is 199 Å². The highest BCUT2D eigenvalue weighted by atomic mass is 32.2. The van der Waals surface area contributed by atoms with Gasteiger partial charge in [0, 0.05) is 36.7 Å². The Hall–Kier alpha value is -2.15. The molecule has 0 radical (unpaired) electrons. The molecule has 6 rings (SSSR count). The van der Waals surface area contributed by atoms with Gasteiger partial charge in [0.15, 0.2) is 0 Å². The Bertz CT molecular complexity index is 1140. The van der Waals surface area contributed by atoms with Crippen molar-refractivity contribution in [1.82, 2.24) is 14.9 Å². The zero-order chi connectivity index (χ0) is 25.4. The molecular formula is C22H26F6N4O2S. The monoisotopic (exact) mass is 524 g/mol. The van der Waals surface area contributed by atoms with E-state index in [-0.39, 0.29) is 23.7 Å². The van der Waals surface area contributed by atoms with Gasteiger partial charge in [0.2, 0.25) is 0 Å². The SMILES string of the molecule is CC1NC=C(CN2c3ccc(C(F)(F)F)cc3CN(S(=O)(=O)C(F)(F)F)C[C@@H]2C23CCC(C2)C3)N1. The van der Waals surface area contributed by atoms with Gasteiger partial charge >= 0.3 is 21.7 Å². The molecule has 1 aromatic rings. The van der Waals surface area contributed by atoms with Crippen molar-refractivity contribution in [3.05, 3.63) is 41.2 Å². The van der Waals surface area contributed by atoms with Crippen molar-refractivity contribution in [2.75, 3.05) is 18.0 Å². The van der Waals surface area contributed by atoms with Gasteiger partial charge in [-0.15, -0.1) is 0 Å². The molecule has 2 heterocycles. The lowest BCUT2D eigenvalue weighted by atomic mass is 9.64. The van der Waals surface area contributed by atoms with Crippen LogP contribution in [0.1, 0.15) is 43.7 Å². The van der Waals surface area contributed by atoms with Gasteiger partial charge in [0.1, 0.15) is 0 Å². The molecule has 2 bridgehead atoms. The predicted octanol–water partition coefficient (Wildman–Crippen LogP) is 4.12. The number of nitrogens with one attached hydrogen (secondary N) is 2. The summed E-state index contributed by atoms with van der Waals surface area (Å²) in [6.07, 6.45) is 0.125. The molecule has 3 saturated carbocycles. The lowest BCUT2D eigenvalue weighted by Gasteiger charge is -2.50. The van der Waals surface area contributed by atoms with E-state index in [1.54, 1.807) is 6.20 Å². The van der Waals surface area contributed by atoms with E-state index in [2.05, 4.69) is 10.6 Å². The smallest absolute Gasteiger partial charge is 0.370 e. The fourth-order valence-electron chi connectivity index (χ4n) is 6.22. The van der Waals surface area contributed by atoms with E-state index in [0.29, 0.717) is 15.9 Å². The van der Waals surface area contributed by atoms with Gasteiger partial charge in [-0.1, -0.05) is 0 Å². The Morgan fingerprint density at radius 1 is 1.14 bits per heavy atom. The van der Waals surface area contributed by atoms with Crippen LogP contribution in [0.2, 0.25) is 0 Å². The van der Waals surface area contributed by atoms with Gasteiger partial charge in [0.05, 0.1) is 18.3 Å². The van der Waals surface area contributed by atoms with Gasteiger partial charge in [-0.2, -0.15) is 30.6 Å². The average molecular weight is 525 g/mol. The number of sulfonamides is 1. The molecule has 0 aromatic heterocycles. The van der Waals surface area contributed by atoms with E-state index < -0.39 is 46.4 Å². The topological polar surface area (TPSA) is 64.7 Å². The van der Waals surface area contributed by atoms with E-state index in [4.69, 9.17) is 0 Å². The zero-order valence-electron chi connectivity index (χ0n) is 18.9. The Balaban J connectivity index is 1.64. The van der Waals surface area contributed by atoms with Crippen molar-refractivity contribution in [2.24, 2.45) is 11.3 Å². The van der Waals surface area contributed by atoms with E-state index >= 15 is 0 Å². The summed E-state index contributed by atoms with van der Waals surface area (Å²) < 4.78 is 107. The Kier molecular flexibility index (Phi) is 5.56. The maximum absolute atomic E-state index is 13.6. The van der Waals surface area contributed by atoms with Crippen LogP contribution in [0.5, 0.6) is 0 Å². The number of halogens is 6. The number of rotatable bonds is 4. The molecule has 194 valence electrons. The fraction of sp³-hybridized carbons (Fsp3) is 0.636. The highest BCUT2D eigenvalue weighted by Crippen LogP contribution is 2.62. The number of nitrogens with zero attached hydrogens (tertiary/aromatic N) is 2. The molecule has 3 aliphatic carbocycles. The standard InChI is InChI=1S/C22H26F6N4O2S/c1-13-29-9-17(30-13)11-32-18-3-2-16(21(23,24)25)6-15(18)10-31(35(33,34)22(26,27)28)12-19(32)20-5-4-14(7-20)8-20/h2-3,6,9,13-14,19,29-30H,4-5,7-8,10-12H2,1H3/t13?,14?,19-,20?/m1/s1. The maximum atomic E-state index is 13.6. The first-order valence-corrected chi connectivity index (χ1v) is 12.9. The minimum absolute atomic E-state index is 0.0812. The summed E-state index contributed by atoms with van der Waals surface area (Å²) >= 11 is 0. The number of anilines is 1. The van der Waals surface area contributed by atoms with Crippen molar-refractivity contribution < 1.29 is 34.8 Å². The first-order valence-electron chi connectivity index (χ1n) is 11.4. The van der Waals surface area contributed by atoms with Crippen LogP contribution in [0.15, 0.2) is 30.1 Å². The summed E-state index contributed by atoms with van der Waals surface area (Å²) in [5.41, 5.74) is -6.01. The second-order valence-electron chi connectivity index (χ2n) is 10.1. The molecule has 3 fully saturated rings. The highest BCUT2D eigenvalue weighted by molar-refractivity contribution is 7.89. The summed E-state index contributed by atoms with van der Waals surface area (Å²) in [7, 11) is -5.76. The molecule has 0 amide bonds. The van der Waals surface area contributed by atoms with Crippen molar-refractivity contribution in [3.8, 4) is 0 Å². The molecule has 0 spiro atoms. The normalized spacial score (nSPS) is 31.2. The molecule has 6 nitrogen and oxygen atoms in total. The second kappa shape index (κ2) is 7.92. The van der Waals surface area contributed by atoms with Crippen LogP contribution in [-0.2, 0) is 22.7 Å². The van der Waals surface area contributed by atoms with Gasteiger partial charge in [-0.3, -0.25) is 0 Å². The molecule has 2 atom stereocenters. The molecule has 35 heavy (non-hydrogen) atoms. The second-order valence-corrected chi connectivity index (χ2v) is 12.0. The van der Waals surface area contributed by atoms with Crippen molar-refractivity contribution >= 4 is 15.7 Å². The maximum Gasteiger partial charge on any atom is 0.511 e. The van der Waals surface area contributed by atoms with Crippen LogP contribution in [0, 0.1) is 11.3 Å². The van der Waals surface area contributed by atoms with E-state index in [9.17, 15) is 34.8 Å². The van der Waals surface area contributed by atoms with Gasteiger partial charge < -0.3 is 15.5 Å². The zero-order valence-corrected chi connectivity index (χ0v) is 19.7. The first-order chi connectivity index (χ1) is 16.2. The van der Waals surface area contributed by atoms with E-state index in [0.717, 1.165) is 43.5 Å². The van der Waals surface area contributed by atoms with Crippen LogP contribution in [0.4, 0.5) is 32.0 Å². The molecular weight excluding hydrogens is 498 g/mol. The third kappa shape index (κ3) is 4.13. The van der Waals surface area contributed by atoms with Crippen LogP contribution < -0.4 is 15.5 Å². The van der Waals surface area contributed by atoms with Gasteiger partial charge in [0.25, 0.3) is 0 Å². The predicted molar refractivity (Wildman–Crippen MR) is 116 cm³/mol. The van der Waals surface area contributed by atoms with Crippen LogP contribution in [0.3, 0.4) is 0 Å². The van der Waals surface area contributed by atoms with Crippen LogP contribution in [0.25, 0.3) is 0 Å². The Morgan fingerprint density at radius 2 is 1.86 bits per heavy atom. The molecule has 1 aromatic carbocycles. The summed E-state index contributed by atoms with van der Waals surface area (Å²) in [5.74, 6) is 0.449. The minimum Gasteiger partial charge on any atom is -0.370 e. The number of hydrogen-bond donors (Lipinski definition) is 2. The van der Waals surface area contributed by atoms with Crippen molar-refractivity contribution in [1.29, 1.82) is 0 Å². The molecule has 2 aliphatic heterocycles. The van der Waals surface area contributed by atoms with Crippen LogP contribution in [-0.4, -0.2) is 43.5 Å². The van der Waals surface area contributed by atoms with Crippen LogP contribution >= 0.6 is 0 Å². The van der Waals surface area contributed by atoms with Gasteiger partial charge in [-0.25, -0.2) is 8.42 Å². The minimum atomic E-state index is -5.76. The molecule has 1 unspecified atom stereocenters. The number of benzene rings is 1. The van der Waals surface area contributed by atoms with Crippen molar-refractivity contribution in [3.63, 3.8) is 0 Å². The summed E-state index contributed by atoms with van der Waals surface area (Å²) in [5, 5.41) is 6.29. The third-order valence-electron chi connectivity index (χ3n) is 7.85. The fourth-order valence-corrected chi connectivity index (χ4v) is 7.16. The van der Waals surface area contributed by atoms with E-state index in [1.165, 1.54) is 6.07 Å². The summed E-state index contributed by atoms with van der Waals surface area (Å²) in [4.78, 5) is 1.82. The first kappa shape index (κ1) is 24.5. The molecule has 5 aliphatic rings. The molecule has 0 saturated heterocycles. The number of hydrogen-bond acceptors (Lipinski definition) is 5. The highest BCUT2D eigenvalue weighted by Gasteiger charge is 2.59. The molecule has 13 heteroatoms. The Morgan fingerprint density at radius 3 is 2.40 bits per heavy atom. The van der Waals surface area contributed by atoms with Crippen molar-refractivity contribution in [2.45, 2.75) is 63.0 Å². The molecule has 2 N–H and O–H groups in total. The lowest BCUT2D eigenvalue weighted by molar-refractivity contribution is -0.137. The number of fused-ring (bicyclic) bond motifs is 2.